The van der Waals surface area contributed by atoms with E-state index in [1.165, 1.54) is 37.8 Å². The van der Waals surface area contributed by atoms with Gasteiger partial charge in [-0.05, 0) is 44.1 Å². The molecule has 0 unspecified atom stereocenters. The fraction of sp³-hybridized carbons (Fsp3) is 0.533. The Bertz CT molecular complexity index is 445. The van der Waals surface area contributed by atoms with E-state index < -0.39 is 0 Å². The average molecular weight is 261 g/mol. The van der Waals surface area contributed by atoms with Crippen LogP contribution in [0, 0.1) is 17.1 Å². The van der Waals surface area contributed by atoms with Gasteiger partial charge in [0.15, 0.2) is 0 Å². The van der Waals surface area contributed by atoms with E-state index in [4.69, 9.17) is 5.26 Å². The maximum absolute atomic E-state index is 13.0. The van der Waals surface area contributed by atoms with Gasteiger partial charge in [0.25, 0.3) is 0 Å². The number of nitrogens with one attached hydrogen (secondary N) is 1. The molecule has 0 aromatic heterocycles. The van der Waals surface area contributed by atoms with Crippen LogP contribution in [-0.4, -0.2) is 31.1 Å². The van der Waals surface area contributed by atoms with E-state index in [1.54, 1.807) is 6.07 Å². The number of rotatable bonds is 4. The first-order valence-corrected chi connectivity index (χ1v) is 6.95. The molecule has 4 heteroatoms. The van der Waals surface area contributed by atoms with E-state index in [2.05, 4.69) is 10.2 Å². The van der Waals surface area contributed by atoms with Crippen molar-refractivity contribution in [3.05, 3.63) is 29.6 Å². The van der Waals surface area contributed by atoms with Crippen molar-refractivity contribution in [3.8, 4) is 6.07 Å². The fourth-order valence-electron chi connectivity index (χ4n) is 2.47. The molecule has 0 radical (unpaired) electrons. The molecular weight excluding hydrogens is 241 g/mol. The van der Waals surface area contributed by atoms with Crippen LogP contribution in [0.3, 0.4) is 0 Å². The van der Waals surface area contributed by atoms with Crippen molar-refractivity contribution < 1.29 is 4.39 Å². The molecule has 0 bridgehead atoms. The predicted molar refractivity (Wildman–Crippen MR) is 74.5 cm³/mol. The van der Waals surface area contributed by atoms with Crippen LogP contribution in [0.5, 0.6) is 0 Å². The minimum atomic E-state index is -0.366. The van der Waals surface area contributed by atoms with E-state index in [0.717, 1.165) is 31.9 Å². The van der Waals surface area contributed by atoms with Gasteiger partial charge in [-0.1, -0.05) is 12.8 Å². The van der Waals surface area contributed by atoms with Gasteiger partial charge >= 0.3 is 0 Å². The first kappa shape index (κ1) is 13.8. The lowest BCUT2D eigenvalue weighted by atomic mass is 10.2. The van der Waals surface area contributed by atoms with Crippen LogP contribution in [0.1, 0.15) is 31.2 Å². The van der Waals surface area contributed by atoms with E-state index in [-0.39, 0.29) is 5.82 Å². The Kier molecular flexibility index (Phi) is 5.17. The van der Waals surface area contributed by atoms with Crippen LogP contribution in [0.15, 0.2) is 18.2 Å². The highest BCUT2D eigenvalue weighted by atomic mass is 19.1. The van der Waals surface area contributed by atoms with Crippen molar-refractivity contribution >= 4 is 5.69 Å². The predicted octanol–water partition coefficient (Wildman–Crippen LogP) is 2.99. The average Bonchev–Trinajstić information content (AvgIpc) is 2.69. The van der Waals surface area contributed by atoms with Gasteiger partial charge in [-0.15, -0.1) is 0 Å². The molecule has 0 atom stereocenters. The summed E-state index contributed by atoms with van der Waals surface area (Å²) >= 11 is 0. The van der Waals surface area contributed by atoms with Crippen molar-refractivity contribution in [2.45, 2.75) is 25.7 Å². The zero-order chi connectivity index (χ0) is 13.5. The summed E-state index contributed by atoms with van der Waals surface area (Å²) < 4.78 is 13.0. The number of halogens is 1. The SMILES string of the molecule is N#Cc1cc(F)ccc1NCCN1CCCCCC1. The quantitative estimate of drug-likeness (QED) is 0.905. The largest absolute Gasteiger partial charge is 0.383 e. The molecule has 102 valence electrons. The lowest BCUT2D eigenvalue weighted by Gasteiger charge is -2.20. The maximum Gasteiger partial charge on any atom is 0.124 e. The van der Waals surface area contributed by atoms with E-state index in [0.29, 0.717) is 5.56 Å². The first-order chi connectivity index (χ1) is 9.29. The van der Waals surface area contributed by atoms with E-state index >= 15 is 0 Å². The smallest absolute Gasteiger partial charge is 0.124 e. The standard InChI is InChI=1S/C15H20FN3/c16-14-5-6-15(13(11-14)12-17)18-7-10-19-8-3-1-2-4-9-19/h5-6,11,18H,1-4,7-10H2. The normalized spacial score (nSPS) is 16.6. The number of anilines is 1. The number of hydrogen-bond acceptors (Lipinski definition) is 3. The molecule has 0 saturated carbocycles. The Morgan fingerprint density at radius 3 is 2.63 bits per heavy atom. The molecule has 1 heterocycles. The lowest BCUT2D eigenvalue weighted by Crippen LogP contribution is -2.30. The zero-order valence-corrected chi connectivity index (χ0v) is 11.2. The lowest BCUT2D eigenvalue weighted by molar-refractivity contribution is 0.296. The molecule has 1 N–H and O–H groups in total. The topological polar surface area (TPSA) is 39.1 Å². The summed E-state index contributed by atoms with van der Waals surface area (Å²) in [6.07, 6.45) is 5.22. The van der Waals surface area contributed by atoms with E-state index in [1.807, 2.05) is 6.07 Å². The highest BCUT2D eigenvalue weighted by Gasteiger charge is 2.09. The second-order valence-electron chi connectivity index (χ2n) is 4.98. The molecule has 0 spiro atoms. The van der Waals surface area contributed by atoms with Crippen molar-refractivity contribution in [3.63, 3.8) is 0 Å². The molecule has 1 fully saturated rings. The highest BCUT2D eigenvalue weighted by Crippen LogP contribution is 2.16. The van der Waals surface area contributed by atoms with Gasteiger partial charge < -0.3 is 10.2 Å². The van der Waals surface area contributed by atoms with Crippen LogP contribution in [0.4, 0.5) is 10.1 Å². The molecule has 0 amide bonds. The van der Waals surface area contributed by atoms with Gasteiger partial charge in [-0.3, -0.25) is 0 Å². The van der Waals surface area contributed by atoms with Crippen LogP contribution in [0.2, 0.25) is 0 Å². The number of likely N-dealkylation sites (tertiary alicyclic amines) is 1. The second kappa shape index (κ2) is 7.10. The highest BCUT2D eigenvalue weighted by molar-refractivity contribution is 5.57. The van der Waals surface area contributed by atoms with Gasteiger partial charge in [0.1, 0.15) is 11.9 Å². The molecule has 2 rings (SSSR count). The van der Waals surface area contributed by atoms with Crippen molar-refractivity contribution in [1.29, 1.82) is 5.26 Å². The third-order valence-electron chi connectivity index (χ3n) is 3.54. The molecule has 19 heavy (non-hydrogen) atoms. The number of hydrogen-bond donors (Lipinski definition) is 1. The Hall–Kier alpha value is -1.60. The Morgan fingerprint density at radius 2 is 1.95 bits per heavy atom. The third kappa shape index (κ3) is 4.22. The monoisotopic (exact) mass is 261 g/mol. The molecule has 1 aliphatic rings. The zero-order valence-electron chi connectivity index (χ0n) is 11.2. The first-order valence-electron chi connectivity index (χ1n) is 6.95. The van der Waals surface area contributed by atoms with Crippen LogP contribution in [0.25, 0.3) is 0 Å². The van der Waals surface area contributed by atoms with Crippen molar-refractivity contribution in [2.75, 3.05) is 31.5 Å². The molecule has 1 aliphatic heterocycles. The molecule has 1 saturated heterocycles. The van der Waals surface area contributed by atoms with Crippen LogP contribution >= 0.6 is 0 Å². The van der Waals surface area contributed by atoms with Gasteiger partial charge in [-0.2, -0.15) is 5.26 Å². The number of nitrogens with zero attached hydrogens (tertiary/aromatic N) is 2. The van der Waals surface area contributed by atoms with E-state index in [9.17, 15) is 4.39 Å². The summed E-state index contributed by atoms with van der Waals surface area (Å²) in [5, 5.41) is 12.2. The summed E-state index contributed by atoms with van der Waals surface area (Å²) in [4.78, 5) is 2.45. The molecular formula is C15H20FN3. The summed E-state index contributed by atoms with van der Waals surface area (Å²) in [6, 6.07) is 6.31. The summed E-state index contributed by atoms with van der Waals surface area (Å²) in [7, 11) is 0. The third-order valence-corrected chi connectivity index (χ3v) is 3.54. The van der Waals surface area contributed by atoms with Crippen molar-refractivity contribution in [1.82, 2.24) is 4.90 Å². The number of nitriles is 1. The molecule has 1 aromatic rings. The molecule has 1 aromatic carbocycles. The van der Waals surface area contributed by atoms with Gasteiger partial charge in [0.2, 0.25) is 0 Å². The summed E-state index contributed by atoms with van der Waals surface area (Å²) in [6.45, 7) is 4.09. The Labute approximate surface area is 114 Å². The Balaban J connectivity index is 1.83. The second-order valence-corrected chi connectivity index (χ2v) is 4.98. The van der Waals surface area contributed by atoms with Crippen LogP contribution < -0.4 is 5.32 Å². The minimum absolute atomic E-state index is 0.366. The van der Waals surface area contributed by atoms with Gasteiger partial charge in [0, 0.05) is 13.1 Å². The fourth-order valence-corrected chi connectivity index (χ4v) is 2.47. The Morgan fingerprint density at radius 1 is 1.21 bits per heavy atom. The number of benzene rings is 1. The maximum atomic E-state index is 13.0. The summed E-state index contributed by atoms with van der Waals surface area (Å²) in [5.74, 6) is -0.366. The van der Waals surface area contributed by atoms with Gasteiger partial charge in [-0.25, -0.2) is 4.39 Å². The molecule has 3 nitrogen and oxygen atoms in total. The summed E-state index contributed by atoms with van der Waals surface area (Å²) in [5.41, 5.74) is 1.09. The minimum Gasteiger partial charge on any atom is -0.383 e. The van der Waals surface area contributed by atoms with Crippen LogP contribution in [-0.2, 0) is 0 Å². The molecule has 0 aliphatic carbocycles. The van der Waals surface area contributed by atoms with Gasteiger partial charge in [0.05, 0.1) is 11.3 Å². The van der Waals surface area contributed by atoms with Crippen molar-refractivity contribution in [2.24, 2.45) is 0 Å².